The van der Waals surface area contributed by atoms with Gasteiger partial charge in [-0.1, -0.05) is 30.3 Å². The zero-order chi connectivity index (χ0) is 16.9. The standard InChI is InChI=1S/C18H21N3O3/c22-11-17(21-18(24)16-8-15(23)10-20-16)13-5-3-12(4-6-13)14-2-1-7-19-9-14/h1-7,9,15-17,20,22-23H,8,10-11H2,(H,21,24)/t15-,16+,17+/m1/s1. The van der Waals surface area contributed by atoms with Crippen LogP contribution in [0.1, 0.15) is 18.0 Å². The van der Waals surface area contributed by atoms with Crippen LogP contribution in [0.3, 0.4) is 0 Å². The maximum absolute atomic E-state index is 12.2. The Morgan fingerprint density at radius 3 is 2.67 bits per heavy atom. The predicted octanol–water partition coefficient (Wildman–Crippen LogP) is 0.621. The molecule has 0 radical (unpaired) electrons. The number of aliphatic hydroxyl groups excluding tert-OH is 2. The Morgan fingerprint density at radius 2 is 2.08 bits per heavy atom. The summed E-state index contributed by atoms with van der Waals surface area (Å²) in [6, 6.07) is 10.6. The molecule has 3 atom stereocenters. The molecule has 4 N–H and O–H groups in total. The molecule has 0 spiro atoms. The van der Waals surface area contributed by atoms with Gasteiger partial charge in [-0.3, -0.25) is 9.78 Å². The minimum Gasteiger partial charge on any atom is -0.394 e. The Hall–Kier alpha value is -2.28. The summed E-state index contributed by atoms with van der Waals surface area (Å²) in [7, 11) is 0. The smallest absolute Gasteiger partial charge is 0.237 e. The van der Waals surface area contributed by atoms with Crippen LogP contribution in [-0.2, 0) is 4.79 Å². The maximum Gasteiger partial charge on any atom is 0.237 e. The SMILES string of the molecule is O=C(N[C@@H](CO)c1ccc(-c2cccnc2)cc1)[C@@H]1C[C@@H](O)CN1. The molecule has 1 aromatic carbocycles. The first-order valence-corrected chi connectivity index (χ1v) is 8.00. The molecule has 1 amide bonds. The van der Waals surface area contributed by atoms with Crippen molar-refractivity contribution in [2.45, 2.75) is 24.6 Å². The largest absolute Gasteiger partial charge is 0.394 e. The van der Waals surface area contributed by atoms with Crippen molar-refractivity contribution in [1.29, 1.82) is 0 Å². The van der Waals surface area contributed by atoms with E-state index < -0.39 is 18.2 Å². The number of aliphatic hydroxyl groups is 2. The van der Waals surface area contributed by atoms with Crippen LogP contribution in [0, 0.1) is 0 Å². The van der Waals surface area contributed by atoms with Crippen LogP contribution in [-0.4, -0.2) is 46.4 Å². The van der Waals surface area contributed by atoms with E-state index in [1.54, 1.807) is 12.4 Å². The molecule has 1 saturated heterocycles. The number of hydrogen-bond acceptors (Lipinski definition) is 5. The highest BCUT2D eigenvalue weighted by Gasteiger charge is 2.29. The van der Waals surface area contributed by atoms with E-state index >= 15 is 0 Å². The molecule has 24 heavy (non-hydrogen) atoms. The van der Waals surface area contributed by atoms with Gasteiger partial charge in [0.25, 0.3) is 0 Å². The molecule has 1 aliphatic heterocycles. The summed E-state index contributed by atoms with van der Waals surface area (Å²) in [6.45, 7) is 0.231. The minimum absolute atomic E-state index is 0.187. The van der Waals surface area contributed by atoms with Crippen LogP contribution in [0.2, 0.25) is 0 Å². The van der Waals surface area contributed by atoms with Crippen molar-refractivity contribution in [3.63, 3.8) is 0 Å². The highest BCUT2D eigenvalue weighted by molar-refractivity contribution is 5.82. The average Bonchev–Trinajstić information content (AvgIpc) is 3.07. The van der Waals surface area contributed by atoms with Crippen LogP contribution < -0.4 is 10.6 Å². The van der Waals surface area contributed by atoms with E-state index in [0.29, 0.717) is 13.0 Å². The van der Waals surface area contributed by atoms with Crippen molar-refractivity contribution in [2.24, 2.45) is 0 Å². The van der Waals surface area contributed by atoms with E-state index in [1.807, 2.05) is 36.4 Å². The number of hydrogen-bond donors (Lipinski definition) is 4. The van der Waals surface area contributed by atoms with Crippen molar-refractivity contribution < 1.29 is 15.0 Å². The number of carbonyl (C=O) groups is 1. The maximum atomic E-state index is 12.2. The summed E-state index contributed by atoms with van der Waals surface area (Å²) in [5, 5.41) is 24.9. The monoisotopic (exact) mass is 327 g/mol. The van der Waals surface area contributed by atoms with Gasteiger partial charge in [0.1, 0.15) is 0 Å². The molecule has 0 unspecified atom stereocenters. The zero-order valence-electron chi connectivity index (χ0n) is 13.2. The zero-order valence-corrected chi connectivity index (χ0v) is 13.2. The lowest BCUT2D eigenvalue weighted by Gasteiger charge is -2.19. The number of carbonyl (C=O) groups excluding carboxylic acids is 1. The minimum atomic E-state index is -0.493. The number of amides is 1. The van der Waals surface area contributed by atoms with E-state index in [4.69, 9.17) is 0 Å². The quantitative estimate of drug-likeness (QED) is 0.646. The Balaban J connectivity index is 1.68. The van der Waals surface area contributed by atoms with Crippen LogP contribution in [0.15, 0.2) is 48.8 Å². The number of benzene rings is 1. The normalized spacial score (nSPS) is 21.4. The fraction of sp³-hybridized carbons (Fsp3) is 0.333. The van der Waals surface area contributed by atoms with Crippen molar-refractivity contribution in [2.75, 3.05) is 13.2 Å². The summed E-state index contributed by atoms with van der Waals surface area (Å²) >= 11 is 0. The molecule has 6 nitrogen and oxygen atoms in total. The van der Waals surface area contributed by atoms with Gasteiger partial charge in [0.2, 0.25) is 5.91 Å². The summed E-state index contributed by atoms with van der Waals surface area (Å²) in [6.07, 6.45) is 3.41. The molecule has 1 fully saturated rings. The molecule has 2 aromatic rings. The molecule has 1 aromatic heterocycles. The number of β-amino-alcohol motifs (C(OH)–C–C–N with tert-alkyl or cyclic N) is 1. The molecule has 6 heteroatoms. The lowest BCUT2D eigenvalue weighted by Crippen LogP contribution is -2.42. The van der Waals surface area contributed by atoms with Gasteiger partial charge >= 0.3 is 0 Å². The lowest BCUT2D eigenvalue weighted by atomic mass is 10.0. The molecule has 3 rings (SSSR count). The Labute approximate surface area is 140 Å². The fourth-order valence-electron chi connectivity index (χ4n) is 2.86. The third kappa shape index (κ3) is 3.79. The van der Waals surface area contributed by atoms with Crippen molar-refractivity contribution in [3.8, 4) is 11.1 Å². The van der Waals surface area contributed by atoms with Gasteiger partial charge in [-0.2, -0.15) is 0 Å². The van der Waals surface area contributed by atoms with Crippen LogP contribution in [0.5, 0.6) is 0 Å². The summed E-state index contributed by atoms with van der Waals surface area (Å²) < 4.78 is 0. The first kappa shape index (κ1) is 16.6. The third-order valence-electron chi connectivity index (χ3n) is 4.23. The Morgan fingerprint density at radius 1 is 1.29 bits per heavy atom. The van der Waals surface area contributed by atoms with Crippen LogP contribution in [0.4, 0.5) is 0 Å². The van der Waals surface area contributed by atoms with Crippen LogP contribution >= 0.6 is 0 Å². The summed E-state index contributed by atoms with van der Waals surface area (Å²) in [5.41, 5.74) is 2.87. The van der Waals surface area contributed by atoms with Gasteiger partial charge in [-0.05, 0) is 29.2 Å². The van der Waals surface area contributed by atoms with E-state index in [9.17, 15) is 15.0 Å². The number of nitrogens with zero attached hydrogens (tertiary/aromatic N) is 1. The first-order valence-electron chi connectivity index (χ1n) is 8.00. The molecule has 0 aliphatic carbocycles. The number of nitrogens with one attached hydrogen (secondary N) is 2. The highest BCUT2D eigenvalue weighted by Crippen LogP contribution is 2.21. The van der Waals surface area contributed by atoms with E-state index in [0.717, 1.165) is 16.7 Å². The molecular weight excluding hydrogens is 306 g/mol. The second-order valence-electron chi connectivity index (χ2n) is 5.96. The van der Waals surface area contributed by atoms with Gasteiger partial charge < -0.3 is 20.8 Å². The predicted molar refractivity (Wildman–Crippen MR) is 90.1 cm³/mol. The summed E-state index contributed by atoms with van der Waals surface area (Å²) in [4.78, 5) is 16.3. The second-order valence-corrected chi connectivity index (χ2v) is 5.96. The molecule has 0 bridgehead atoms. The Bertz CT molecular complexity index is 676. The van der Waals surface area contributed by atoms with Gasteiger partial charge in [-0.15, -0.1) is 0 Å². The van der Waals surface area contributed by atoms with Gasteiger partial charge in [0.15, 0.2) is 0 Å². The number of pyridine rings is 1. The Kier molecular flexibility index (Phi) is 5.20. The molecule has 126 valence electrons. The third-order valence-corrected chi connectivity index (χ3v) is 4.23. The number of rotatable bonds is 5. The first-order chi connectivity index (χ1) is 11.7. The summed E-state index contributed by atoms with van der Waals surface area (Å²) in [5.74, 6) is -0.207. The van der Waals surface area contributed by atoms with Crippen molar-refractivity contribution in [1.82, 2.24) is 15.6 Å². The number of aromatic nitrogens is 1. The topological polar surface area (TPSA) is 94.5 Å². The van der Waals surface area contributed by atoms with Crippen molar-refractivity contribution >= 4 is 5.91 Å². The van der Waals surface area contributed by atoms with Crippen LogP contribution in [0.25, 0.3) is 11.1 Å². The average molecular weight is 327 g/mol. The van der Waals surface area contributed by atoms with E-state index in [1.165, 1.54) is 0 Å². The lowest BCUT2D eigenvalue weighted by molar-refractivity contribution is -0.124. The molecule has 1 aliphatic rings. The molecule has 0 saturated carbocycles. The van der Waals surface area contributed by atoms with Gasteiger partial charge in [0, 0.05) is 18.9 Å². The fourth-order valence-corrected chi connectivity index (χ4v) is 2.86. The van der Waals surface area contributed by atoms with E-state index in [2.05, 4.69) is 15.6 Å². The molecular formula is C18H21N3O3. The highest BCUT2D eigenvalue weighted by atomic mass is 16.3. The van der Waals surface area contributed by atoms with E-state index in [-0.39, 0.29) is 12.5 Å². The second kappa shape index (κ2) is 7.53. The molecule has 2 heterocycles. The van der Waals surface area contributed by atoms with Crippen molar-refractivity contribution in [3.05, 3.63) is 54.4 Å². The van der Waals surface area contributed by atoms with Gasteiger partial charge in [0.05, 0.1) is 24.8 Å². The van der Waals surface area contributed by atoms with Gasteiger partial charge in [-0.25, -0.2) is 0 Å².